The fourth-order valence-electron chi connectivity index (χ4n) is 1.99. The standard InChI is InChI=1S/C14H17FN2O4/c1-9(13(18)17-4-6-20-7-5-17)21-14(19)10-2-3-11(15)12(16)8-10/h2-3,8-9H,4-7,16H2,1H3. The summed E-state index contributed by atoms with van der Waals surface area (Å²) >= 11 is 0. The van der Waals surface area contributed by atoms with Crippen LogP contribution >= 0.6 is 0 Å². The minimum atomic E-state index is -0.915. The maximum Gasteiger partial charge on any atom is 0.338 e. The smallest absolute Gasteiger partial charge is 0.338 e. The van der Waals surface area contributed by atoms with Gasteiger partial charge in [-0.25, -0.2) is 9.18 Å². The molecule has 7 heteroatoms. The number of ether oxygens (including phenoxy) is 2. The Hall–Kier alpha value is -2.15. The van der Waals surface area contributed by atoms with Gasteiger partial charge in [-0.2, -0.15) is 0 Å². The molecule has 1 saturated heterocycles. The van der Waals surface area contributed by atoms with Crippen molar-refractivity contribution in [2.45, 2.75) is 13.0 Å². The Kier molecular flexibility index (Phi) is 4.74. The summed E-state index contributed by atoms with van der Waals surface area (Å²) in [6.45, 7) is 3.40. The minimum absolute atomic E-state index is 0.107. The van der Waals surface area contributed by atoms with Gasteiger partial charge in [0, 0.05) is 13.1 Å². The van der Waals surface area contributed by atoms with Crippen LogP contribution in [0.3, 0.4) is 0 Å². The van der Waals surface area contributed by atoms with Gasteiger partial charge in [0.25, 0.3) is 5.91 Å². The lowest BCUT2D eigenvalue weighted by molar-refractivity contribution is -0.143. The highest BCUT2D eigenvalue weighted by Crippen LogP contribution is 2.14. The Morgan fingerprint density at radius 1 is 1.38 bits per heavy atom. The highest BCUT2D eigenvalue weighted by atomic mass is 19.1. The average Bonchev–Trinajstić information content (AvgIpc) is 2.50. The van der Waals surface area contributed by atoms with Crippen LogP contribution < -0.4 is 5.73 Å². The molecule has 2 N–H and O–H groups in total. The SMILES string of the molecule is CC(OC(=O)c1ccc(F)c(N)c1)C(=O)N1CCOCC1. The zero-order valence-corrected chi connectivity index (χ0v) is 11.7. The molecule has 1 unspecified atom stereocenters. The zero-order valence-electron chi connectivity index (χ0n) is 11.7. The largest absolute Gasteiger partial charge is 0.449 e. The van der Waals surface area contributed by atoms with E-state index < -0.39 is 17.9 Å². The maximum absolute atomic E-state index is 13.0. The van der Waals surface area contributed by atoms with Crippen LogP contribution in [-0.4, -0.2) is 49.2 Å². The van der Waals surface area contributed by atoms with Crippen molar-refractivity contribution in [3.05, 3.63) is 29.6 Å². The third-order valence-corrected chi connectivity index (χ3v) is 3.19. The van der Waals surface area contributed by atoms with Crippen LogP contribution in [0.25, 0.3) is 0 Å². The summed E-state index contributed by atoms with van der Waals surface area (Å²) in [6, 6.07) is 3.53. The molecular formula is C14H17FN2O4. The Bertz CT molecular complexity index is 544. The molecule has 1 aliphatic rings. The van der Waals surface area contributed by atoms with Gasteiger partial charge >= 0.3 is 5.97 Å². The van der Waals surface area contributed by atoms with Crippen molar-refractivity contribution in [3.8, 4) is 0 Å². The predicted molar refractivity (Wildman–Crippen MR) is 73.1 cm³/mol. The number of carbonyl (C=O) groups excluding carboxylic acids is 2. The van der Waals surface area contributed by atoms with Crippen molar-refractivity contribution < 1.29 is 23.5 Å². The van der Waals surface area contributed by atoms with Crippen molar-refractivity contribution in [2.75, 3.05) is 32.0 Å². The number of esters is 1. The Labute approximate surface area is 121 Å². The summed E-state index contributed by atoms with van der Waals surface area (Å²) in [5, 5.41) is 0. The summed E-state index contributed by atoms with van der Waals surface area (Å²) < 4.78 is 23.3. The number of nitrogen functional groups attached to an aromatic ring is 1. The number of halogens is 1. The zero-order chi connectivity index (χ0) is 15.4. The number of anilines is 1. The number of rotatable bonds is 3. The van der Waals surface area contributed by atoms with E-state index in [-0.39, 0.29) is 17.2 Å². The fraction of sp³-hybridized carbons (Fsp3) is 0.429. The molecular weight excluding hydrogens is 279 g/mol. The summed E-state index contributed by atoms with van der Waals surface area (Å²) in [4.78, 5) is 25.6. The van der Waals surface area contributed by atoms with Crippen LogP contribution in [0.2, 0.25) is 0 Å². The van der Waals surface area contributed by atoms with E-state index in [4.69, 9.17) is 15.2 Å². The first kappa shape index (κ1) is 15.2. The van der Waals surface area contributed by atoms with Crippen LogP contribution in [0.5, 0.6) is 0 Å². The molecule has 114 valence electrons. The number of benzene rings is 1. The van der Waals surface area contributed by atoms with E-state index in [0.29, 0.717) is 26.3 Å². The van der Waals surface area contributed by atoms with Crippen molar-refractivity contribution in [3.63, 3.8) is 0 Å². The summed E-state index contributed by atoms with van der Waals surface area (Å²) in [7, 11) is 0. The Morgan fingerprint density at radius 2 is 2.05 bits per heavy atom. The van der Waals surface area contributed by atoms with Gasteiger partial charge in [-0.1, -0.05) is 0 Å². The number of amides is 1. The fourth-order valence-corrected chi connectivity index (χ4v) is 1.99. The molecule has 0 radical (unpaired) electrons. The highest BCUT2D eigenvalue weighted by molar-refractivity contribution is 5.93. The predicted octanol–water partition coefficient (Wildman–Crippen LogP) is 0.812. The molecule has 1 aliphatic heterocycles. The number of nitrogens with two attached hydrogens (primary N) is 1. The molecule has 1 atom stereocenters. The summed E-state index contributed by atoms with van der Waals surface area (Å²) in [6.07, 6.45) is -0.915. The molecule has 0 saturated carbocycles. The van der Waals surface area contributed by atoms with Crippen molar-refractivity contribution in [1.82, 2.24) is 4.90 Å². The molecule has 6 nitrogen and oxygen atoms in total. The van der Waals surface area contributed by atoms with Crippen LogP contribution in [0, 0.1) is 5.82 Å². The van der Waals surface area contributed by atoms with E-state index in [1.54, 1.807) is 4.90 Å². The normalized spacial score (nSPS) is 16.4. The van der Waals surface area contributed by atoms with Gasteiger partial charge in [0.15, 0.2) is 6.10 Å². The maximum atomic E-state index is 13.0. The van der Waals surface area contributed by atoms with Crippen LogP contribution in [-0.2, 0) is 14.3 Å². The molecule has 21 heavy (non-hydrogen) atoms. The average molecular weight is 296 g/mol. The lowest BCUT2D eigenvalue weighted by Gasteiger charge is -2.28. The lowest BCUT2D eigenvalue weighted by Crippen LogP contribution is -2.46. The first-order valence-electron chi connectivity index (χ1n) is 6.61. The topological polar surface area (TPSA) is 81.9 Å². The third-order valence-electron chi connectivity index (χ3n) is 3.19. The molecule has 0 aromatic heterocycles. The van der Waals surface area contributed by atoms with Gasteiger partial charge in [-0.05, 0) is 25.1 Å². The quantitative estimate of drug-likeness (QED) is 0.659. The van der Waals surface area contributed by atoms with E-state index in [1.165, 1.54) is 19.1 Å². The van der Waals surface area contributed by atoms with Crippen LogP contribution in [0.4, 0.5) is 10.1 Å². The lowest BCUT2D eigenvalue weighted by atomic mass is 10.2. The Morgan fingerprint density at radius 3 is 2.67 bits per heavy atom. The van der Waals surface area contributed by atoms with Crippen LogP contribution in [0.1, 0.15) is 17.3 Å². The summed E-state index contributed by atoms with van der Waals surface area (Å²) in [5.41, 5.74) is 5.36. The second kappa shape index (κ2) is 6.53. The van der Waals surface area contributed by atoms with E-state index in [2.05, 4.69) is 0 Å². The molecule has 1 amide bonds. The molecule has 0 spiro atoms. The van der Waals surface area contributed by atoms with Crippen LogP contribution in [0.15, 0.2) is 18.2 Å². The van der Waals surface area contributed by atoms with E-state index in [9.17, 15) is 14.0 Å². The molecule has 0 aliphatic carbocycles. The first-order valence-corrected chi connectivity index (χ1v) is 6.61. The molecule has 1 aromatic carbocycles. The second-order valence-electron chi connectivity index (χ2n) is 4.72. The van der Waals surface area contributed by atoms with Crippen molar-refractivity contribution >= 4 is 17.6 Å². The molecule has 2 rings (SSSR count). The number of hydrogen-bond acceptors (Lipinski definition) is 5. The molecule has 1 fully saturated rings. The monoisotopic (exact) mass is 296 g/mol. The minimum Gasteiger partial charge on any atom is -0.449 e. The highest BCUT2D eigenvalue weighted by Gasteiger charge is 2.25. The Balaban J connectivity index is 1.97. The summed E-state index contributed by atoms with van der Waals surface area (Å²) in [5.74, 6) is -1.60. The van der Waals surface area contributed by atoms with Crippen molar-refractivity contribution in [2.24, 2.45) is 0 Å². The van der Waals surface area contributed by atoms with Gasteiger partial charge in [0.2, 0.25) is 0 Å². The van der Waals surface area contributed by atoms with Gasteiger partial charge < -0.3 is 20.1 Å². The van der Waals surface area contributed by atoms with E-state index >= 15 is 0 Å². The van der Waals surface area contributed by atoms with Gasteiger partial charge in [0.05, 0.1) is 24.5 Å². The number of hydrogen-bond donors (Lipinski definition) is 1. The second-order valence-corrected chi connectivity index (χ2v) is 4.72. The molecule has 1 heterocycles. The number of nitrogens with zero attached hydrogens (tertiary/aromatic N) is 1. The molecule has 1 aromatic rings. The first-order chi connectivity index (χ1) is 9.99. The van der Waals surface area contributed by atoms with Gasteiger partial charge in [-0.15, -0.1) is 0 Å². The van der Waals surface area contributed by atoms with Crippen molar-refractivity contribution in [1.29, 1.82) is 0 Å². The van der Waals surface area contributed by atoms with E-state index in [0.717, 1.165) is 6.07 Å². The molecule has 0 bridgehead atoms. The van der Waals surface area contributed by atoms with E-state index in [1.807, 2.05) is 0 Å². The third kappa shape index (κ3) is 3.69. The number of morpholine rings is 1. The van der Waals surface area contributed by atoms with Gasteiger partial charge in [0.1, 0.15) is 5.82 Å². The number of carbonyl (C=O) groups is 2. The van der Waals surface area contributed by atoms with Gasteiger partial charge in [-0.3, -0.25) is 4.79 Å².